The van der Waals surface area contributed by atoms with Gasteiger partial charge in [-0.05, 0) is 68.5 Å². The molecule has 3 N–H and O–H groups in total. The van der Waals surface area contributed by atoms with Crippen LogP contribution in [0.3, 0.4) is 0 Å². The molecule has 0 aliphatic heterocycles. The Morgan fingerprint density at radius 1 is 1.00 bits per heavy atom. The smallest absolute Gasteiger partial charge is 0.319 e. The van der Waals surface area contributed by atoms with Gasteiger partial charge in [-0.1, -0.05) is 18.2 Å². The summed E-state index contributed by atoms with van der Waals surface area (Å²) in [5, 5.41) is 8.44. The molecular formula is C21H25N3O2S. The summed E-state index contributed by atoms with van der Waals surface area (Å²) in [5.41, 5.74) is 4.01. The first-order chi connectivity index (χ1) is 13.0. The number of anilines is 2. The normalized spacial score (nSPS) is 12.6. The van der Waals surface area contributed by atoms with Crippen LogP contribution in [0.5, 0.6) is 0 Å². The third kappa shape index (κ3) is 5.50. The van der Waals surface area contributed by atoms with Gasteiger partial charge in [-0.3, -0.25) is 4.79 Å². The van der Waals surface area contributed by atoms with Gasteiger partial charge in [-0.2, -0.15) is 0 Å². The molecule has 0 saturated carbocycles. The fourth-order valence-electron chi connectivity index (χ4n) is 3.09. The number of para-hydroxylation sites is 2. The third-order valence-electron chi connectivity index (χ3n) is 4.31. The summed E-state index contributed by atoms with van der Waals surface area (Å²) in [7, 11) is 0. The van der Waals surface area contributed by atoms with Crippen molar-refractivity contribution in [2.75, 3.05) is 16.4 Å². The number of hydrogen-bond donors (Lipinski definition) is 3. The largest absolute Gasteiger partial charge is 0.336 e. The average Bonchev–Trinajstić information content (AvgIpc) is 3.08. The van der Waals surface area contributed by atoms with E-state index in [1.54, 1.807) is 12.1 Å². The number of hydrogen-bond acceptors (Lipinski definition) is 3. The highest BCUT2D eigenvalue weighted by Crippen LogP contribution is 2.28. The van der Waals surface area contributed by atoms with E-state index in [4.69, 9.17) is 0 Å². The average molecular weight is 384 g/mol. The zero-order chi connectivity index (χ0) is 19.2. The molecule has 0 radical (unpaired) electrons. The predicted molar refractivity (Wildman–Crippen MR) is 112 cm³/mol. The summed E-state index contributed by atoms with van der Waals surface area (Å²) in [6.07, 6.45) is 3.51. The molecule has 0 saturated heterocycles. The molecule has 3 rings (SSSR count). The van der Waals surface area contributed by atoms with Crippen molar-refractivity contribution in [2.24, 2.45) is 0 Å². The van der Waals surface area contributed by atoms with Crippen molar-refractivity contribution in [3.05, 3.63) is 53.6 Å². The lowest BCUT2D eigenvalue weighted by atomic mass is 10.1. The highest BCUT2D eigenvalue weighted by atomic mass is 32.2. The first kappa shape index (κ1) is 19.3. The van der Waals surface area contributed by atoms with Crippen LogP contribution in [0.25, 0.3) is 0 Å². The number of nitrogens with one attached hydrogen (secondary N) is 3. The quantitative estimate of drug-likeness (QED) is 0.646. The van der Waals surface area contributed by atoms with Gasteiger partial charge in [0, 0.05) is 10.9 Å². The van der Waals surface area contributed by atoms with Gasteiger partial charge in [0.05, 0.1) is 17.1 Å². The fourth-order valence-corrected chi connectivity index (χ4v) is 3.85. The molecule has 142 valence electrons. The molecule has 27 heavy (non-hydrogen) atoms. The van der Waals surface area contributed by atoms with Gasteiger partial charge in [0.2, 0.25) is 5.91 Å². The Bertz CT molecular complexity index is 836. The molecule has 0 spiro atoms. The van der Waals surface area contributed by atoms with Crippen LogP contribution in [0, 0.1) is 0 Å². The third-order valence-corrected chi connectivity index (χ3v) is 5.30. The standard InChI is InChI=1S/C21H25N3O2S/c1-14(2)22-21(26)24-19-9-4-3-8-18(19)23-20(25)13-27-17-11-10-15-6-5-7-16(15)12-17/h3-4,8-12,14H,5-7,13H2,1-2H3,(H,23,25)(H2,22,24,26). The van der Waals surface area contributed by atoms with E-state index < -0.39 is 0 Å². The Balaban J connectivity index is 1.57. The number of fused-ring (bicyclic) bond motifs is 1. The Morgan fingerprint density at radius 2 is 1.70 bits per heavy atom. The van der Waals surface area contributed by atoms with Gasteiger partial charge in [0.25, 0.3) is 0 Å². The Morgan fingerprint density at radius 3 is 2.44 bits per heavy atom. The zero-order valence-electron chi connectivity index (χ0n) is 15.7. The van der Waals surface area contributed by atoms with E-state index in [1.807, 2.05) is 26.0 Å². The number of carbonyl (C=O) groups is 2. The molecule has 0 unspecified atom stereocenters. The van der Waals surface area contributed by atoms with Gasteiger partial charge in [-0.25, -0.2) is 4.79 Å². The molecule has 0 atom stereocenters. The summed E-state index contributed by atoms with van der Waals surface area (Å²) >= 11 is 1.53. The lowest BCUT2D eigenvalue weighted by Gasteiger charge is -2.14. The minimum atomic E-state index is -0.292. The van der Waals surface area contributed by atoms with Crippen molar-refractivity contribution in [2.45, 2.75) is 44.0 Å². The summed E-state index contributed by atoms with van der Waals surface area (Å²) in [4.78, 5) is 25.4. The van der Waals surface area contributed by atoms with Crippen LogP contribution < -0.4 is 16.0 Å². The van der Waals surface area contributed by atoms with E-state index in [0.29, 0.717) is 17.1 Å². The van der Waals surface area contributed by atoms with E-state index in [-0.39, 0.29) is 18.0 Å². The molecule has 0 bridgehead atoms. The summed E-state index contributed by atoms with van der Waals surface area (Å²) in [6, 6.07) is 13.4. The molecule has 0 fully saturated rings. The van der Waals surface area contributed by atoms with Crippen LogP contribution >= 0.6 is 11.8 Å². The van der Waals surface area contributed by atoms with E-state index in [0.717, 1.165) is 17.7 Å². The molecule has 5 nitrogen and oxygen atoms in total. The first-order valence-electron chi connectivity index (χ1n) is 9.22. The van der Waals surface area contributed by atoms with Crippen molar-refractivity contribution >= 4 is 35.1 Å². The molecule has 3 amide bonds. The maximum Gasteiger partial charge on any atom is 0.319 e. The highest BCUT2D eigenvalue weighted by molar-refractivity contribution is 8.00. The van der Waals surface area contributed by atoms with Crippen molar-refractivity contribution in [3.63, 3.8) is 0 Å². The SMILES string of the molecule is CC(C)NC(=O)Nc1ccccc1NC(=O)CSc1ccc2c(c1)CCC2. The molecule has 0 heterocycles. The van der Waals surface area contributed by atoms with Crippen LogP contribution in [0.2, 0.25) is 0 Å². The number of amides is 3. The van der Waals surface area contributed by atoms with Crippen molar-refractivity contribution in [3.8, 4) is 0 Å². The molecule has 2 aromatic carbocycles. The number of benzene rings is 2. The number of carbonyl (C=O) groups excluding carboxylic acids is 2. The van der Waals surface area contributed by atoms with Gasteiger partial charge in [0.1, 0.15) is 0 Å². The summed E-state index contributed by atoms with van der Waals surface area (Å²) in [5.74, 6) is 0.227. The number of aryl methyl sites for hydroxylation is 2. The molecule has 1 aliphatic carbocycles. The Hall–Kier alpha value is -2.47. The monoisotopic (exact) mass is 383 g/mol. The van der Waals surface area contributed by atoms with Crippen molar-refractivity contribution in [1.29, 1.82) is 0 Å². The van der Waals surface area contributed by atoms with Crippen LogP contribution in [0.15, 0.2) is 47.4 Å². The Kier molecular flexibility index (Phi) is 6.40. The van der Waals surface area contributed by atoms with E-state index in [2.05, 4.69) is 34.1 Å². The van der Waals surface area contributed by atoms with Gasteiger partial charge < -0.3 is 16.0 Å². The van der Waals surface area contributed by atoms with E-state index in [9.17, 15) is 9.59 Å². The second-order valence-corrected chi connectivity index (χ2v) is 7.97. The van der Waals surface area contributed by atoms with Crippen LogP contribution in [0.4, 0.5) is 16.2 Å². The Labute approximate surface area is 164 Å². The first-order valence-corrected chi connectivity index (χ1v) is 10.2. The second kappa shape index (κ2) is 8.95. The van der Waals surface area contributed by atoms with Crippen LogP contribution in [-0.2, 0) is 17.6 Å². The molecule has 6 heteroatoms. The summed E-state index contributed by atoms with van der Waals surface area (Å²) in [6.45, 7) is 3.78. The molecule has 2 aromatic rings. The van der Waals surface area contributed by atoms with Gasteiger partial charge in [-0.15, -0.1) is 11.8 Å². The molecular weight excluding hydrogens is 358 g/mol. The van der Waals surface area contributed by atoms with Gasteiger partial charge in [0.15, 0.2) is 0 Å². The highest BCUT2D eigenvalue weighted by Gasteiger charge is 2.13. The predicted octanol–water partition coefficient (Wildman–Crippen LogP) is 4.44. The minimum Gasteiger partial charge on any atom is -0.336 e. The molecule has 0 aromatic heterocycles. The topological polar surface area (TPSA) is 70.2 Å². The maximum absolute atomic E-state index is 12.4. The number of thioether (sulfide) groups is 1. The second-order valence-electron chi connectivity index (χ2n) is 6.92. The maximum atomic E-state index is 12.4. The van der Waals surface area contributed by atoms with Gasteiger partial charge >= 0.3 is 6.03 Å². The van der Waals surface area contributed by atoms with Crippen LogP contribution in [0.1, 0.15) is 31.4 Å². The zero-order valence-corrected chi connectivity index (χ0v) is 16.5. The van der Waals surface area contributed by atoms with Crippen LogP contribution in [-0.4, -0.2) is 23.7 Å². The lowest BCUT2D eigenvalue weighted by molar-refractivity contribution is -0.113. The van der Waals surface area contributed by atoms with E-state index >= 15 is 0 Å². The number of urea groups is 1. The summed E-state index contributed by atoms with van der Waals surface area (Å²) < 4.78 is 0. The molecule has 1 aliphatic rings. The van der Waals surface area contributed by atoms with Crippen molar-refractivity contribution < 1.29 is 9.59 Å². The number of rotatable bonds is 6. The fraction of sp³-hybridized carbons (Fsp3) is 0.333. The lowest BCUT2D eigenvalue weighted by Crippen LogP contribution is -2.34. The van der Waals surface area contributed by atoms with E-state index in [1.165, 1.54) is 29.3 Å². The minimum absolute atomic E-state index is 0.0375. The van der Waals surface area contributed by atoms with Crippen molar-refractivity contribution in [1.82, 2.24) is 5.32 Å².